The minimum atomic E-state index is -0.395. The highest BCUT2D eigenvalue weighted by Crippen LogP contribution is 2.16. The molecular weight excluding hydrogens is 350 g/mol. The van der Waals surface area contributed by atoms with Crippen molar-refractivity contribution in [2.24, 2.45) is 0 Å². The van der Waals surface area contributed by atoms with Gasteiger partial charge in [0, 0.05) is 29.5 Å². The summed E-state index contributed by atoms with van der Waals surface area (Å²) >= 11 is 1.60. The minimum Gasteiger partial charge on any atom is -0.346 e. The maximum atomic E-state index is 12.3. The summed E-state index contributed by atoms with van der Waals surface area (Å²) in [5.74, 6) is -0.395. The van der Waals surface area contributed by atoms with Crippen LogP contribution >= 0.6 is 11.3 Å². The molecule has 0 aliphatic rings. The van der Waals surface area contributed by atoms with Gasteiger partial charge < -0.3 is 10.3 Å². The first-order valence-corrected chi connectivity index (χ1v) is 9.48. The largest absolute Gasteiger partial charge is 0.346 e. The quantitative estimate of drug-likeness (QED) is 0.665. The van der Waals surface area contributed by atoms with Crippen molar-refractivity contribution in [2.75, 3.05) is 13.1 Å². The number of H-pyrrole nitrogens is 1. The summed E-state index contributed by atoms with van der Waals surface area (Å²) in [5.41, 5.74) is 1.32. The zero-order chi connectivity index (χ0) is 18.7. The van der Waals surface area contributed by atoms with Gasteiger partial charge in [-0.2, -0.15) is 0 Å². The van der Waals surface area contributed by atoms with Gasteiger partial charge in [-0.3, -0.25) is 18.9 Å². The molecule has 26 heavy (non-hydrogen) atoms. The van der Waals surface area contributed by atoms with Crippen LogP contribution in [0.1, 0.15) is 40.5 Å². The zero-order valence-electron chi connectivity index (χ0n) is 15.2. The van der Waals surface area contributed by atoms with E-state index in [1.54, 1.807) is 23.5 Å². The smallest absolute Gasteiger partial charge is 0.261 e. The third-order valence-corrected chi connectivity index (χ3v) is 5.17. The van der Waals surface area contributed by atoms with Gasteiger partial charge in [0.15, 0.2) is 4.96 Å². The number of imidazole rings is 1. The number of aromatic amines is 1. The van der Waals surface area contributed by atoms with E-state index in [-0.39, 0.29) is 17.7 Å². The standard InChI is InChI=1S/C18H23N5O2S/c1-4-22(5-2)10-13-6-7-15(17(25)20-13)16(24)19-8-14-11-23-9-12(3)26-18(23)21-14/h6-7,9,11H,4-5,8,10H2,1-3H3,(H,19,24)(H,20,25). The summed E-state index contributed by atoms with van der Waals surface area (Å²) in [5, 5.41) is 2.76. The molecule has 3 heterocycles. The van der Waals surface area contributed by atoms with E-state index in [4.69, 9.17) is 0 Å². The average molecular weight is 373 g/mol. The molecule has 0 saturated heterocycles. The Labute approximate surface area is 155 Å². The second-order valence-electron chi connectivity index (χ2n) is 6.13. The number of rotatable bonds is 7. The Hall–Kier alpha value is -2.45. The van der Waals surface area contributed by atoms with Crippen LogP contribution in [-0.4, -0.2) is 38.3 Å². The second-order valence-corrected chi connectivity index (χ2v) is 7.35. The van der Waals surface area contributed by atoms with Crippen molar-refractivity contribution in [3.8, 4) is 0 Å². The number of amides is 1. The number of thiazole rings is 1. The number of pyridine rings is 1. The number of nitrogens with zero attached hydrogens (tertiary/aromatic N) is 3. The maximum Gasteiger partial charge on any atom is 0.261 e. The molecule has 0 unspecified atom stereocenters. The van der Waals surface area contributed by atoms with E-state index in [1.165, 1.54) is 4.88 Å². The number of fused-ring (bicyclic) bond motifs is 1. The van der Waals surface area contributed by atoms with Crippen LogP contribution in [-0.2, 0) is 13.1 Å². The van der Waals surface area contributed by atoms with Crippen molar-refractivity contribution >= 4 is 22.2 Å². The molecule has 0 atom stereocenters. The SMILES string of the molecule is CCN(CC)Cc1ccc(C(=O)NCc2cn3cc(C)sc3n2)c(=O)[nH]1. The molecule has 3 rings (SSSR count). The predicted molar refractivity (Wildman–Crippen MR) is 103 cm³/mol. The summed E-state index contributed by atoms with van der Waals surface area (Å²) in [6.07, 6.45) is 3.88. The van der Waals surface area contributed by atoms with Gasteiger partial charge >= 0.3 is 0 Å². The molecule has 3 aromatic heterocycles. The molecule has 0 aliphatic carbocycles. The summed E-state index contributed by atoms with van der Waals surface area (Å²) in [7, 11) is 0. The van der Waals surface area contributed by atoms with Crippen LogP contribution < -0.4 is 10.9 Å². The van der Waals surface area contributed by atoms with Crippen LogP contribution in [0.2, 0.25) is 0 Å². The van der Waals surface area contributed by atoms with Gasteiger partial charge in [0.1, 0.15) is 5.56 Å². The monoisotopic (exact) mass is 373 g/mol. The van der Waals surface area contributed by atoms with Crippen molar-refractivity contribution in [2.45, 2.75) is 33.9 Å². The van der Waals surface area contributed by atoms with Crippen molar-refractivity contribution in [3.05, 3.63) is 56.7 Å². The number of aryl methyl sites for hydroxylation is 1. The van der Waals surface area contributed by atoms with Gasteiger partial charge in [-0.05, 0) is 32.1 Å². The van der Waals surface area contributed by atoms with Crippen LogP contribution in [0.15, 0.2) is 29.3 Å². The van der Waals surface area contributed by atoms with Crippen LogP contribution in [0.3, 0.4) is 0 Å². The highest BCUT2D eigenvalue weighted by atomic mass is 32.1. The van der Waals surface area contributed by atoms with E-state index in [2.05, 4.69) is 34.0 Å². The lowest BCUT2D eigenvalue weighted by atomic mass is 10.2. The molecule has 0 aliphatic heterocycles. The molecule has 3 aromatic rings. The Morgan fingerprint density at radius 2 is 2.08 bits per heavy atom. The van der Waals surface area contributed by atoms with E-state index in [1.807, 2.05) is 23.7 Å². The van der Waals surface area contributed by atoms with Gasteiger partial charge in [-0.15, -0.1) is 11.3 Å². The van der Waals surface area contributed by atoms with E-state index in [9.17, 15) is 9.59 Å². The van der Waals surface area contributed by atoms with Crippen LogP contribution in [0.25, 0.3) is 4.96 Å². The lowest BCUT2D eigenvalue weighted by molar-refractivity contribution is 0.0949. The molecule has 1 amide bonds. The van der Waals surface area contributed by atoms with Crippen molar-refractivity contribution < 1.29 is 4.79 Å². The highest BCUT2D eigenvalue weighted by molar-refractivity contribution is 7.16. The molecule has 8 heteroatoms. The van der Waals surface area contributed by atoms with Crippen molar-refractivity contribution in [3.63, 3.8) is 0 Å². The van der Waals surface area contributed by atoms with Gasteiger partial charge in [-0.25, -0.2) is 4.98 Å². The van der Waals surface area contributed by atoms with Gasteiger partial charge in [0.2, 0.25) is 0 Å². The van der Waals surface area contributed by atoms with Crippen LogP contribution in [0.5, 0.6) is 0 Å². The summed E-state index contributed by atoms with van der Waals surface area (Å²) in [6.45, 7) is 8.93. The number of hydrogen-bond acceptors (Lipinski definition) is 5. The second kappa shape index (κ2) is 7.84. The number of nitrogens with one attached hydrogen (secondary N) is 2. The maximum absolute atomic E-state index is 12.3. The zero-order valence-corrected chi connectivity index (χ0v) is 16.0. The molecular formula is C18H23N5O2S. The Morgan fingerprint density at radius 3 is 2.73 bits per heavy atom. The molecule has 2 N–H and O–H groups in total. The topological polar surface area (TPSA) is 82.5 Å². The number of carbonyl (C=O) groups excluding carboxylic acids is 1. The predicted octanol–water partition coefficient (Wildman–Crippen LogP) is 2.16. The highest BCUT2D eigenvalue weighted by Gasteiger charge is 2.13. The molecule has 0 radical (unpaired) electrons. The van der Waals surface area contributed by atoms with Crippen LogP contribution in [0.4, 0.5) is 0 Å². The van der Waals surface area contributed by atoms with Gasteiger partial charge in [0.25, 0.3) is 11.5 Å². The molecule has 0 spiro atoms. The van der Waals surface area contributed by atoms with E-state index < -0.39 is 5.91 Å². The Morgan fingerprint density at radius 1 is 1.31 bits per heavy atom. The molecule has 0 fully saturated rings. The van der Waals surface area contributed by atoms with E-state index in [0.29, 0.717) is 6.54 Å². The lowest BCUT2D eigenvalue weighted by Crippen LogP contribution is -2.30. The van der Waals surface area contributed by atoms with E-state index >= 15 is 0 Å². The first-order chi connectivity index (χ1) is 12.5. The summed E-state index contributed by atoms with van der Waals surface area (Å²) in [6, 6.07) is 3.38. The number of hydrogen-bond donors (Lipinski definition) is 2. The Bertz CT molecular complexity index is 936. The van der Waals surface area contributed by atoms with Crippen LogP contribution in [0, 0.1) is 6.92 Å². The summed E-state index contributed by atoms with van der Waals surface area (Å²) < 4.78 is 1.94. The molecule has 0 aromatic carbocycles. The number of aromatic nitrogens is 3. The van der Waals surface area contributed by atoms with Gasteiger partial charge in [0.05, 0.1) is 12.2 Å². The average Bonchev–Trinajstić information content (AvgIpc) is 3.14. The number of carbonyl (C=O) groups is 1. The Balaban J connectivity index is 1.65. The minimum absolute atomic E-state index is 0.116. The normalized spacial score (nSPS) is 11.4. The van der Waals surface area contributed by atoms with Crippen molar-refractivity contribution in [1.29, 1.82) is 0 Å². The third kappa shape index (κ3) is 4.03. The fourth-order valence-electron chi connectivity index (χ4n) is 2.78. The fraction of sp³-hybridized carbons (Fsp3) is 0.389. The molecule has 0 bridgehead atoms. The van der Waals surface area contributed by atoms with E-state index in [0.717, 1.165) is 29.4 Å². The fourth-order valence-corrected chi connectivity index (χ4v) is 3.61. The van der Waals surface area contributed by atoms with Crippen molar-refractivity contribution in [1.82, 2.24) is 24.6 Å². The third-order valence-electron chi connectivity index (χ3n) is 4.25. The Kier molecular flexibility index (Phi) is 5.53. The first-order valence-electron chi connectivity index (χ1n) is 8.67. The van der Waals surface area contributed by atoms with Gasteiger partial charge in [-0.1, -0.05) is 13.8 Å². The molecule has 7 nitrogen and oxygen atoms in total. The molecule has 138 valence electrons. The lowest BCUT2D eigenvalue weighted by Gasteiger charge is -2.17. The summed E-state index contributed by atoms with van der Waals surface area (Å²) in [4.78, 5) is 36.1. The first kappa shape index (κ1) is 18.3. The molecule has 0 saturated carbocycles.